The predicted octanol–water partition coefficient (Wildman–Crippen LogP) is 2.81. The Bertz CT molecular complexity index is 1310. The molecule has 2 aromatic carbocycles. The first-order valence-electron chi connectivity index (χ1n) is 9.23. The van der Waals surface area contributed by atoms with Crippen molar-refractivity contribution in [3.05, 3.63) is 65.1 Å². The number of benzene rings is 2. The van der Waals surface area contributed by atoms with Gasteiger partial charge in [-0.2, -0.15) is 4.98 Å². The van der Waals surface area contributed by atoms with E-state index in [1.54, 1.807) is 18.2 Å². The summed E-state index contributed by atoms with van der Waals surface area (Å²) in [6, 6.07) is 11.8. The number of ether oxygens (including phenoxy) is 2. The monoisotopic (exact) mass is 444 g/mol. The van der Waals surface area contributed by atoms with Crippen molar-refractivity contribution in [1.82, 2.24) is 25.0 Å². The third kappa shape index (κ3) is 4.91. The minimum Gasteiger partial charge on any atom is -0.461 e. The Labute approximate surface area is 178 Å². The van der Waals surface area contributed by atoms with Gasteiger partial charge in [0.05, 0.1) is 11.9 Å². The first-order chi connectivity index (χ1) is 15.3. The molecular formula is C20H15F3N6O3. The molecule has 164 valence electrons. The van der Waals surface area contributed by atoms with Gasteiger partial charge in [0.15, 0.2) is 0 Å². The topological polar surface area (TPSA) is 118 Å². The maximum atomic E-state index is 12.8. The van der Waals surface area contributed by atoms with E-state index in [-0.39, 0.29) is 30.7 Å². The van der Waals surface area contributed by atoms with Gasteiger partial charge in [0.2, 0.25) is 0 Å². The van der Waals surface area contributed by atoms with Gasteiger partial charge in [0.25, 0.3) is 5.56 Å². The van der Waals surface area contributed by atoms with Crippen molar-refractivity contribution in [2.75, 3.05) is 12.3 Å². The van der Waals surface area contributed by atoms with Gasteiger partial charge in [0.1, 0.15) is 23.7 Å². The van der Waals surface area contributed by atoms with Gasteiger partial charge in [-0.25, -0.2) is 9.67 Å². The highest BCUT2D eigenvalue weighted by Crippen LogP contribution is 2.27. The van der Waals surface area contributed by atoms with E-state index in [1.165, 1.54) is 36.5 Å². The van der Waals surface area contributed by atoms with Crippen molar-refractivity contribution >= 4 is 16.7 Å². The largest absolute Gasteiger partial charge is 0.573 e. The molecular weight excluding hydrogens is 429 g/mol. The summed E-state index contributed by atoms with van der Waals surface area (Å²) in [6.07, 6.45) is -3.32. The van der Waals surface area contributed by atoms with E-state index in [0.717, 1.165) is 4.68 Å². The van der Waals surface area contributed by atoms with E-state index in [4.69, 9.17) is 10.5 Å². The second kappa shape index (κ2) is 8.49. The van der Waals surface area contributed by atoms with E-state index in [9.17, 15) is 18.0 Å². The number of nitrogens with two attached hydrogens (primary N) is 1. The fourth-order valence-corrected chi connectivity index (χ4v) is 2.90. The number of anilines is 1. The molecule has 0 fully saturated rings. The molecule has 0 saturated heterocycles. The van der Waals surface area contributed by atoms with Crippen molar-refractivity contribution in [3.63, 3.8) is 0 Å². The number of hydrogen-bond donors (Lipinski definition) is 1. The van der Waals surface area contributed by atoms with Crippen LogP contribution in [0, 0.1) is 0 Å². The average molecular weight is 444 g/mol. The van der Waals surface area contributed by atoms with Gasteiger partial charge in [-0.3, -0.25) is 4.79 Å². The molecule has 2 N–H and O–H groups in total. The number of fused-ring (bicyclic) bond motifs is 1. The van der Waals surface area contributed by atoms with Crippen molar-refractivity contribution in [2.45, 2.75) is 12.9 Å². The van der Waals surface area contributed by atoms with Gasteiger partial charge in [-0.15, -0.1) is 18.3 Å². The quantitative estimate of drug-likeness (QED) is 0.482. The fourth-order valence-electron chi connectivity index (χ4n) is 2.90. The van der Waals surface area contributed by atoms with Gasteiger partial charge in [-0.05, 0) is 41.5 Å². The maximum absolute atomic E-state index is 12.8. The molecule has 0 saturated carbocycles. The Morgan fingerprint density at radius 2 is 1.78 bits per heavy atom. The maximum Gasteiger partial charge on any atom is 0.573 e. The summed E-state index contributed by atoms with van der Waals surface area (Å²) < 4.78 is 47.4. The first-order valence-corrected chi connectivity index (χ1v) is 9.23. The molecule has 32 heavy (non-hydrogen) atoms. The number of alkyl halides is 3. The molecule has 2 aromatic heterocycles. The summed E-state index contributed by atoms with van der Waals surface area (Å²) in [7, 11) is 0. The molecule has 2 heterocycles. The summed E-state index contributed by atoms with van der Waals surface area (Å²) in [4.78, 5) is 20.6. The number of nitrogen functional groups attached to an aromatic ring is 1. The second-order valence-electron chi connectivity index (χ2n) is 6.53. The zero-order valence-corrected chi connectivity index (χ0v) is 16.3. The normalized spacial score (nSPS) is 11.5. The van der Waals surface area contributed by atoms with Crippen LogP contribution in [0.2, 0.25) is 0 Å². The number of nitrogens with zero attached hydrogens (tertiary/aromatic N) is 5. The lowest BCUT2D eigenvalue weighted by Crippen LogP contribution is -2.27. The van der Waals surface area contributed by atoms with Crippen molar-refractivity contribution in [3.8, 4) is 22.9 Å². The summed E-state index contributed by atoms with van der Waals surface area (Å²) >= 11 is 0. The van der Waals surface area contributed by atoms with Gasteiger partial charge < -0.3 is 15.2 Å². The van der Waals surface area contributed by atoms with Gasteiger partial charge in [0, 0.05) is 6.20 Å². The predicted molar refractivity (Wildman–Crippen MR) is 108 cm³/mol. The van der Waals surface area contributed by atoms with Crippen LogP contribution in [0.4, 0.5) is 19.0 Å². The lowest BCUT2D eigenvalue weighted by Gasteiger charge is -2.10. The lowest BCUT2D eigenvalue weighted by atomic mass is 10.0. The average Bonchev–Trinajstić information content (AvgIpc) is 2.75. The number of rotatable bonds is 6. The summed E-state index contributed by atoms with van der Waals surface area (Å²) in [6.45, 7) is 0.150. The van der Waals surface area contributed by atoms with E-state index in [2.05, 4.69) is 25.0 Å². The molecule has 0 aliphatic rings. The number of halogens is 3. The highest BCUT2D eigenvalue weighted by atomic mass is 19.4. The van der Waals surface area contributed by atoms with Crippen LogP contribution in [0.1, 0.15) is 0 Å². The Hall–Kier alpha value is -4.22. The highest BCUT2D eigenvalue weighted by molar-refractivity contribution is 5.83. The minimum atomic E-state index is -4.77. The molecule has 0 amide bonds. The summed E-state index contributed by atoms with van der Waals surface area (Å²) in [5.74, 6) is -0.0809. The van der Waals surface area contributed by atoms with Crippen LogP contribution in [0.3, 0.4) is 0 Å². The zero-order chi connectivity index (χ0) is 22.7. The van der Waals surface area contributed by atoms with Crippen LogP contribution < -0.4 is 20.8 Å². The van der Waals surface area contributed by atoms with Crippen LogP contribution in [-0.4, -0.2) is 37.9 Å². The van der Waals surface area contributed by atoms with Crippen LogP contribution in [0.25, 0.3) is 22.0 Å². The van der Waals surface area contributed by atoms with Crippen LogP contribution in [-0.2, 0) is 6.54 Å². The third-order valence-electron chi connectivity index (χ3n) is 4.33. The SMILES string of the molecule is Nc1ccnc(OCCn2nnc3ccc(-c4ccc(OC(F)(F)F)cc4)cc3c2=O)n1. The number of hydrogen-bond acceptors (Lipinski definition) is 8. The fraction of sp³-hybridized carbons (Fsp3) is 0.150. The molecule has 0 radical (unpaired) electrons. The molecule has 0 aliphatic carbocycles. The van der Waals surface area contributed by atoms with Gasteiger partial charge in [-0.1, -0.05) is 23.4 Å². The molecule has 12 heteroatoms. The molecule has 0 aliphatic heterocycles. The molecule has 0 unspecified atom stereocenters. The molecule has 0 atom stereocenters. The highest BCUT2D eigenvalue weighted by Gasteiger charge is 2.30. The van der Waals surface area contributed by atoms with Crippen molar-refractivity contribution in [1.29, 1.82) is 0 Å². The smallest absolute Gasteiger partial charge is 0.461 e. The van der Waals surface area contributed by atoms with E-state index < -0.39 is 11.9 Å². The van der Waals surface area contributed by atoms with Crippen LogP contribution in [0.15, 0.2) is 59.5 Å². The standard InChI is InChI=1S/C20H15F3N6O3/c21-20(22,23)32-14-4-1-12(2-5-14)13-3-6-16-15(11-13)18(30)29(28-27-16)9-10-31-19-25-8-7-17(24)26-19/h1-8,11H,9-10H2,(H2,24,25,26). The Morgan fingerprint density at radius 1 is 1.03 bits per heavy atom. The zero-order valence-electron chi connectivity index (χ0n) is 16.3. The Morgan fingerprint density at radius 3 is 2.50 bits per heavy atom. The van der Waals surface area contributed by atoms with Crippen molar-refractivity contribution in [2.24, 2.45) is 0 Å². The van der Waals surface area contributed by atoms with Gasteiger partial charge >= 0.3 is 12.4 Å². The van der Waals surface area contributed by atoms with E-state index in [1.807, 2.05) is 0 Å². The van der Waals surface area contributed by atoms with Crippen LogP contribution >= 0.6 is 0 Å². The minimum absolute atomic E-state index is 0.0594. The Kier molecular flexibility index (Phi) is 5.58. The second-order valence-corrected chi connectivity index (χ2v) is 6.53. The number of aromatic nitrogens is 5. The lowest BCUT2D eigenvalue weighted by molar-refractivity contribution is -0.274. The third-order valence-corrected chi connectivity index (χ3v) is 4.33. The molecule has 0 bridgehead atoms. The Balaban J connectivity index is 1.54. The molecule has 0 spiro atoms. The van der Waals surface area contributed by atoms with E-state index in [0.29, 0.717) is 22.0 Å². The molecule has 9 nitrogen and oxygen atoms in total. The van der Waals surface area contributed by atoms with E-state index >= 15 is 0 Å². The summed E-state index contributed by atoms with van der Waals surface area (Å²) in [5, 5.41) is 8.22. The summed E-state index contributed by atoms with van der Waals surface area (Å²) in [5.41, 5.74) is 6.77. The van der Waals surface area contributed by atoms with Crippen LogP contribution in [0.5, 0.6) is 11.8 Å². The molecule has 4 aromatic rings. The molecule has 4 rings (SSSR count). The first kappa shape index (κ1) is 21.0. The van der Waals surface area contributed by atoms with Crippen molar-refractivity contribution < 1.29 is 22.6 Å².